The van der Waals surface area contributed by atoms with E-state index in [4.69, 9.17) is 9.84 Å². The molecule has 0 amide bonds. The first kappa shape index (κ1) is 12.8. The largest absolute Gasteiger partial charge is 0.496 e. The third-order valence-corrected chi connectivity index (χ3v) is 2.50. The predicted octanol–water partition coefficient (Wildman–Crippen LogP) is 3.19. The summed E-state index contributed by atoms with van der Waals surface area (Å²) in [5.41, 5.74) is 1.11. The standard InChI is InChI=1S/C12H13BrO3/c1-16-11-8-9(4-2-3-7-13)5-6-10(11)12(14)15/h2,4-6,8H,3,7H2,1H3,(H,14,15). The summed E-state index contributed by atoms with van der Waals surface area (Å²) in [5.74, 6) is -0.596. The van der Waals surface area contributed by atoms with Crippen LogP contribution in [0.1, 0.15) is 22.3 Å². The molecule has 0 heterocycles. The molecule has 4 heteroatoms. The molecule has 0 aliphatic heterocycles. The van der Waals surface area contributed by atoms with Gasteiger partial charge in [0.05, 0.1) is 7.11 Å². The summed E-state index contributed by atoms with van der Waals surface area (Å²) in [5, 5.41) is 9.81. The SMILES string of the molecule is COc1cc(C=CCCBr)ccc1C(=O)O. The van der Waals surface area contributed by atoms with Crippen LogP contribution >= 0.6 is 15.9 Å². The highest BCUT2D eigenvalue weighted by Crippen LogP contribution is 2.21. The Morgan fingerprint density at radius 1 is 1.56 bits per heavy atom. The number of allylic oxidation sites excluding steroid dienone is 1. The van der Waals surface area contributed by atoms with Crippen LogP contribution in [0.4, 0.5) is 0 Å². The molecule has 0 bridgehead atoms. The number of halogens is 1. The lowest BCUT2D eigenvalue weighted by molar-refractivity contribution is 0.0693. The van der Waals surface area contributed by atoms with Crippen LogP contribution in [0.15, 0.2) is 24.3 Å². The molecule has 0 spiro atoms. The van der Waals surface area contributed by atoms with Gasteiger partial charge in [-0.05, 0) is 24.1 Å². The van der Waals surface area contributed by atoms with E-state index in [0.29, 0.717) is 5.75 Å². The molecule has 0 fully saturated rings. The van der Waals surface area contributed by atoms with Crippen molar-refractivity contribution in [2.75, 3.05) is 12.4 Å². The Morgan fingerprint density at radius 2 is 2.31 bits per heavy atom. The van der Waals surface area contributed by atoms with E-state index in [9.17, 15) is 4.79 Å². The Balaban J connectivity index is 2.95. The van der Waals surface area contributed by atoms with E-state index in [0.717, 1.165) is 17.3 Å². The average Bonchev–Trinajstić information content (AvgIpc) is 2.29. The zero-order valence-corrected chi connectivity index (χ0v) is 10.5. The Kier molecular flexibility index (Phi) is 5.05. The maximum absolute atomic E-state index is 10.8. The number of ether oxygens (including phenoxy) is 1. The molecule has 0 aromatic heterocycles. The molecule has 0 aliphatic carbocycles. The van der Waals surface area contributed by atoms with Gasteiger partial charge in [-0.15, -0.1) is 0 Å². The summed E-state index contributed by atoms with van der Waals surface area (Å²) in [6.07, 6.45) is 4.89. The summed E-state index contributed by atoms with van der Waals surface area (Å²) in [6, 6.07) is 5.03. The number of methoxy groups -OCH3 is 1. The normalized spacial score (nSPS) is 10.6. The maximum Gasteiger partial charge on any atom is 0.339 e. The summed E-state index contributed by atoms with van der Waals surface area (Å²) >= 11 is 3.33. The molecular formula is C12H13BrO3. The van der Waals surface area contributed by atoms with E-state index in [-0.39, 0.29) is 5.56 Å². The van der Waals surface area contributed by atoms with Crippen molar-refractivity contribution in [1.29, 1.82) is 0 Å². The first-order valence-corrected chi connectivity index (χ1v) is 5.95. The molecule has 0 saturated carbocycles. The summed E-state index contributed by atoms with van der Waals surface area (Å²) in [7, 11) is 1.47. The predicted molar refractivity (Wildman–Crippen MR) is 67.4 cm³/mol. The minimum absolute atomic E-state index is 0.181. The van der Waals surface area contributed by atoms with Gasteiger partial charge in [0.1, 0.15) is 11.3 Å². The molecule has 1 aromatic carbocycles. The van der Waals surface area contributed by atoms with E-state index in [1.165, 1.54) is 7.11 Å². The van der Waals surface area contributed by atoms with Crippen molar-refractivity contribution < 1.29 is 14.6 Å². The topological polar surface area (TPSA) is 46.5 Å². The summed E-state index contributed by atoms with van der Waals surface area (Å²) in [4.78, 5) is 10.8. The lowest BCUT2D eigenvalue weighted by Gasteiger charge is -2.05. The number of carboxylic acids is 1. The average molecular weight is 285 g/mol. The van der Waals surface area contributed by atoms with Gasteiger partial charge in [0.15, 0.2) is 0 Å². The highest BCUT2D eigenvalue weighted by Gasteiger charge is 2.09. The Labute approximate surface area is 103 Å². The maximum atomic E-state index is 10.8. The lowest BCUT2D eigenvalue weighted by Crippen LogP contribution is -2.00. The second-order valence-corrected chi connectivity index (χ2v) is 3.94. The number of hydrogen-bond acceptors (Lipinski definition) is 2. The first-order valence-electron chi connectivity index (χ1n) is 4.83. The van der Waals surface area contributed by atoms with E-state index >= 15 is 0 Å². The quantitative estimate of drug-likeness (QED) is 0.845. The smallest absolute Gasteiger partial charge is 0.339 e. The minimum atomic E-state index is -0.979. The number of rotatable bonds is 5. The molecule has 0 saturated heterocycles. The van der Waals surface area contributed by atoms with E-state index in [1.807, 2.05) is 12.2 Å². The molecule has 86 valence electrons. The molecule has 1 rings (SSSR count). The second-order valence-electron chi connectivity index (χ2n) is 3.14. The van der Waals surface area contributed by atoms with Gasteiger partial charge in [0, 0.05) is 5.33 Å². The molecule has 0 radical (unpaired) electrons. The number of carboxylic acid groups (broad SMARTS) is 1. The van der Waals surface area contributed by atoms with Gasteiger partial charge in [-0.2, -0.15) is 0 Å². The van der Waals surface area contributed by atoms with Gasteiger partial charge in [-0.3, -0.25) is 0 Å². The third kappa shape index (κ3) is 3.38. The second kappa shape index (κ2) is 6.33. The Bertz CT molecular complexity index is 399. The van der Waals surface area contributed by atoms with Crippen LogP contribution in [-0.2, 0) is 0 Å². The number of carbonyl (C=O) groups is 1. The zero-order chi connectivity index (χ0) is 12.0. The number of alkyl halides is 1. The molecule has 16 heavy (non-hydrogen) atoms. The fraction of sp³-hybridized carbons (Fsp3) is 0.250. The van der Waals surface area contributed by atoms with Crippen molar-refractivity contribution in [2.24, 2.45) is 0 Å². The van der Waals surface area contributed by atoms with Crippen LogP contribution in [0.5, 0.6) is 5.75 Å². The van der Waals surface area contributed by atoms with Gasteiger partial charge in [-0.1, -0.05) is 34.1 Å². The third-order valence-electron chi connectivity index (χ3n) is 2.04. The number of aromatic carboxylic acids is 1. The Morgan fingerprint density at radius 3 is 2.88 bits per heavy atom. The fourth-order valence-electron chi connectivity index (χ4n) is 1.27. The highest BCUT2D eigenvalue weighted by molar-refractivity contribution is 9.09. The van der Waals surface area contributed by atoms with Crippen molar-refractivity contribution in [1.82, 2.24) is 0 Å². The fourth-order valence-corrected chi connectivity index (χ4v) is 1.53. The van der Waals surface area contributed by atoms with Crippen LogP contribution in [0.25, 0.3) is 6.08 Å². The monoisotopic (exact) mass is 284 g/mol. The van der Waals surface area contributed by atoms with E-state index in [1.54, 1.807) is 18.2 Å². The van der Waals surface area contributed by atoms with Gasteiger partial charge in [0.2, 0.25) is 0 Å². The van der Waals surface area contributed by atoms with E-state index in [2.05, 4.69) is 15.9 Å². The molecule has 0 atom stereocenters. The van der Waals surface area contributed by atoms with Crippen molar-refractivity contribution in [3.8, 4) is 5.75 Å². The van der Waals surface area contributed by atoms with Gasteiger partial charge < -0.3 is 9.84 Å². The molecule has 1 N–H and O–H groups in total. The van der Waals surface area contributed by atoms with Gasteiger partial charge in [-0.25, -0.2) is 4.79 Å². The molecular weight excluding hydrogens is 272 g/mol. The molecule has 1 aromatic rings. The van der Waals surface area contributed by atoms with Gasteiger partial charge >= 0.3 is 5.97 Å². The van der Waals surface area contributed by atoms with Crippen LogP contribution in [0.3, 0.4) is 0 Å². The van der Waals surface area contributed by atoms with Crippen LogP contribution in [-0.4, -0.2) is 23.5 Å². The molecule has 3 nitrogen and oxygen atoms in total. The van der Waals surface area contributed by atoms with Crippen LogP contribution in [0.2, 0.25) is 0 Å². The van der Waals surface area contributed by atoms with Crippen molar-refractivity contribution >= 4 is 28.0 Å². The minimum Gasteiger partial charge on any atom is -0.496 e. The number of benzene rings is 1. The summed E-state index contributed by atoms with van der Waals surface area (Å²) < 4.78 is 5.03. The molecule has 0 aliphatic rings. The summed E-state index contributed by atoms with van der Waals surface area (Å²) in [6.45, 7) is 0. The van der Waals surface area contributed by atoms with Crippen molar-refractivity contribution in [2.45, 2.75) is 6.42 Å². The lowest BCUT2D eigenvalue weighted by atomic mass is 10.1. The van der Waals surface area contributed by atoms with E-state index < -0.39 is 5.97 Å². The van der Waals surface area contributed by atoms with Crippen molar-refractivity contribution in [3.05, 3.63) is 35.4 Å². The van der Waals surface area contributed by atoms with Crippen LogP contribution < -0.4 is 4.74 Å². The van der Waals surface area contributed by atoms with Crippen molar-refractivity contribution in [3.63, 3.8) is 0 Å². The molecule has 0 unspecified atom stereocenters. The van der Waals surface area contributed by atoms with Gasteiger partial charge in [0.25, 0.3) is 0 Å². The zero-order valence-electron chi connectivity index (χ0n) is 8.94. The highest BCUT2D eigenvalue weighted by atomic mass is 79.9. The number of hydrogen-bond donors (Lipinski definition) is 1. The Hall–Kier alpha value is -1.29. The first-order chi connectivity index (χ1) is 7.69. The van der Waals surface area contributed by atoms with Crippen LogP contribution in [0, 0.1) is 0 Å².